The second kappa shape index (κ2) is 7.04. The van der Waals surface area contributed by atoms with Crippen LogP contribution in [0.25, 0.3) is 6.08 Å². The summed E-state index contributed by atoms with van der Waals surface area (Å²) in [5.74, 6) is -0.271. The lowest BCUT2D eigenvalue weighted by Crippen LogP contribution is -2.27. The highest BCUT2D eigenvalue weighted by atomic mass is 35.5. The zero-order valence-electron chi connectivity index (χ0n) is 15.0. The second-order valence-corrected chi connectivity index (χ2v) is 8.75. The van der Waals surface area contributed by atoms with E-state index in [0.717, 1.165) is 28.6 Å². The molecular formula is C20H18Cl2N2O2S. The lowest BCUT2D eigenvalue weighted by molar-refractivity contribution is -0.123. The number of aromatic nitrogens is 1. The lowest BCUT2D eigenvalue weighted by atomic mass is 10.2. The van der Waals surface area contributed by atoms with Crippen molar-refractivity contribution in [1.29, 1.82) is 0 Å². The molecule has 27 heavy (non-hydrogen) atoms. The van der Waals surface area contributed by atoms with Crippen LogP contribution in [0.5, 0.6) is 0 Å². The van der Waals surface area contributed by atoms with Crippen LogP contribution in [-0.2, 0) is 11.3 Å². The molecule has 0 atom stereocenters. The summed E-state index contributed by atoms with van der Waals surface area (Å²) in [6, 6.07) is 7.78. The number of hydrogen-bond donors (Lipinski definition) is 0. The lowest BCUT2D eigenvalue weighted by Gasteiger charge is -2.12. The molecule has 0 unspecified atom stereocenters. The van der Waals surface area contributed by atoms with Gasteiger partial charge in [0.1, 0.15) is 0 Å². The quantitative estimate of drug-likeness (QED) is 0.570. The average molecular weight is 421 g/mol. The Bertz CT molecular complexity index is 992. The van der Waals surface area contributed by atoms with Crippen molar-refractivity contribution in [3.05, 3.63) is 61.7 Å². The third-order valence-electron chi connectivity index (χ3n) is 4.92. The molecule has 0 N–H and O–H groups in total. The first kappa shape index (κ1) is 18.7. The molecule has 2 aliphatic rings. The van der Waals surface area contributed by atoms with E-state index in [-0.39, 0.29) is 17.7 Å². The molecule has 0 bridgehead atoms. The number of hydrogen-bond acceptors (Lipinski definition) is 3. The first-order valence-electron chi connectivity index (χ1n) is 8.73. The summed E-state index contributed by atoms with van der Waals surface area (Å²) >= 11 is 12.9. The highest BCUT2D eigenvalue weighted by Crippen LogP contribution is 2.40. The molecule has 4 rings (SSSR count). The summed E-state index contributed by atoms with van der Waals surface area (Å²) in [4.78, 5) is 26.9. The molecule has 2 heterocycles. The summed E-state index contributed by atoms with van der Waals surface area (Å²) < 4.78 is 2.33. The summed E-state index contributed by atoms with van der Waals surface area (Å²) in [7, 11) is 0. The van der Waals surface area contributed by atoms with Crippen molar-refractivity contribution in [1.82, 2.24) is 9.47 Å². The molecule has 1 aromatic heterocycles. The third kappa shape index (κ3) is 3.56. The molecule has 2 fully saturated rings. The van der Waals surface area contributed by atoms with Crippen molar-refractivity contribution in [2.45, 2.75) is 39.3 Å². The van der Waals surface area contributed by atoms with Crippen molar-refractivity contribution in [2.24, 2.45) is 0 Å². The number of rotatable bonds is 4. The van der Waals surface area contributed by atoms with E-state index in [4.69, 9.17) is 23.2 Å². The molecule has 1 saturated carbocycles. The van der Waals surface area contributed by atoms with E-state index in [1.165, 1.54) is 23.4 Å². The Morgan fingerprint density at radius 1 is 1.15 bits per heavy atom. The van der Waals surface area contributed by atoms with Gasteiger partial charge in [-0.05, 0) is 73.9 Å². The van der Waals surface area contributed by atoms with E-state index in [1.54, 1.807) is 18.2 Å². The van der Waals surface area contributed by atoms with Gasteiger partial charge in [-0.2, -0.15) is 0 Å². The minimum Gasteiger partial charge on any atom is -0.346 e. The van der Waals surface area contributed by atoms with Gasteiger partial charge in [0, 0.05) is 17.4 Å². The maximum Gasteiger partial charge on any atom is 0.293 e. The Morgan fingerprint density at radius 3 is 2.56 bits per heavy atom. The summed E-state index contributed by atoms with van der Waals surface area (Å²) in [6.45, 7) is 4.33. The van der Waals surface area contributed by atoms with Crippen LogP contribution in [0.3, 0.4) is 0 Å². The van der Waals surface area contributed by atoms with Gasteiger partial charge >= 0.3 is 0 Å². The molecule has 1 saturated heterocycles. The van der Waals surface area contributed by atoms with Crippen LogP contribution >= 0.6 is 35.0 Å². The molecule has 0 radical (unpaired) electrons. The van der Waals surface area contributed by atoms with Crippen molar-refractivity contribution < 1.29 is 9.59 Å². The fourth-order valence-electron chi connectivity index (χ4n) is 3.44. The number of thioether (sulfide) groups is 1. The van der Waals surface area contributed by atoms with E-state index in [2.05, 4.69) is 24.5 Å². The van der Waals surface area contributed by atoms with Crippen LogP contribution in [-0.4, -0.2) is 20.6 Å². The monoisotopic (exact) mass is 420 g/mol. The van der Waals surface area contributed by atoms with Gasteiger partial charge in [-0.15, -0.1) is 0 Å². The van der Waals surface area contributed by atoms with Crippen LogP contribution in [0.4, 0.5) is 4.79 Å². The van der Waals surface area contributed by atoms with Crippen LogP contribution in [0.1, 0.15) is 41.4 Å². The molecule has 7 heteroatoms. The topological polar surface area (TPSA) is 42.3 Å². The maximum absolute atomic E-state index is 12.8. The van der Waals surface area contributed by atoms with Crippen LogP contribution in [0.15, 0.2) is 29.2 Å². The third-order valence-corrected chi connectivity index (χ3v) is 6.57. The summed E-state index contributed by atoms with van der Waals surface area (Å²) in [5.41, 5.74) is 4.10. The van der Waals surface area contributed by atoms with Crippen molar-refractivity contribution in [3.63, 3.8) is 0 Å². The van der Waals surface area contributed by atoms with Gasteiger partial charge in [0.2, 0.25) is 0 Å². The first-order chi connectivity index (χ1) is 12.8. The van der Waals surface area contributed by atoms with Gasteiger partial charge < -0.3 is 4.57 Å². The van der Waals surface area contributed by atoms with Gasteiger partial charge in [0.25, 0.3) is 11.1 Å². The Labute approximate surface area is 172 Å². The summed E-state index contributed by atoms with van der Waals surface area (Å²) in [5, 5.41) is 0.581. The Morgan fingerprint density at radius 2 is 1.89 bits per heavy atom. The van der Waals surface area contributed by atoms with E-state index in [0.29, 0.717) is 21.0 Å². The van der Waals surface area contributed by atoms with E-state index in [1.807, 2.05) is 6.08 Å². The van der Waals surface area contributed by atoms with E-state index in [9.17, 15) is 9.59 Å². The van der Waals surface area contributed by atoms with Gasteiger partial charge in [0.15, 0.2) is 0 Å². The van der Waals surface area contributed by atoms with E-state index < -0.39 is 0 Å². The molecule has 1 aliphatic carbocycles. The Kier molecular flexibility index (Phi) is 4.87. The predicted octanol–water partition coefficient (Wildman–Crippen LogP) is 5.98. The van der Waals surface area contributed by atoms with Crippen molar-refractivity contribution in [2.75, 3.05) is 0 Å². The van der Waals surface area contributed by atoms with Gasteiger partial charge in [0.05, 0.1) is 21.5 Å². The van der Waals surface area contributed by atoms with Crippen molar-refractivity contribution >= 4 is 52.2 Å². The fraction of sp³-hybridized carbons (Fsp3) is 0.300. The summed E-state index contributed by atoms with van der Waals surface area (Å²) in [6.07, 6.45) is 4.24. The first-order valence-corrected chi connectivity index (χ1v) is 10.3. The van der Waals surface area contributed by atoms with Gasteiger partial charge in [-0.25, -0.2) is 0 Å². The van der Waals surface area contributed by atoms with Crippen molar-refractivity contribution in [3.8, 4) is 0 Å². The SMILES string of the molecule is Cc1cc(/C=C2\SC(=O)N(Cc3ccc(Cl)c(Cl)c3)C2=O)c(C)n1C1CC1. The zero-order valence-corrected chi connectivity index (χ0v) is 17.3. The molecule has 1 aromatic carbocycles. The second-order valence-electron chi connectivity index (χ2n) is 6.94. The predicted molar refractivity (Wildman–Crippen MR) is 110 cm³/mol. The molecule has 2 aromatic rings. The van der Waals surface area contributed by atoms with Crippen LogP contribution < -0.4 is 0 Å². The molecule has 4 nitrogen and oxygen atoms in total. The number of benzene rings is 1. The van der Waals surface area contributed by atoms with Crippen LogP contribution in [0.2, 0.25) is 10.0 Å². The maximum atomic E-state index is 12.8. The number of carbonyl (C=O) groups excluding carboxylic acids is 2. The minimum absolute atomic E-state index is 0.181. The Hall–Kier alpha value is -1.69. The molecular weight excluding hydrogens is 403 g/mol. The molecule has 0 spiro atoms. The number of imide groups is 1. The molecule has 140 valence electrons. The Balaban J connectivity index is 1.58. The number of nitrogens with zero attached hydrogens (tertiary/aromatic N) is 2. The smallest absolute Gasteiger partial charge is 0.293 e. The minimum atomic E-state index is -0.271. The zero-order chi connectivity index (χ0) is 19.3. The standard InChI is InChI=1S/C20H18Cl2N2O2S/c1-11-7-14(12(2)24(11)15-4-5-15)9-18-19(25)23(20(26)27-18)10-13-3-6-16(21)17(22)8-13/h3,6-9,15H,4-5,10H2,1-2H3/b18-9-. The van der Waals surface area contributed by atoms with Gasteiger partial charge in [-0.1, -0.05) is 29.3 Å². The highest BCUT2D eigenvalue weighted by molar-refractivity contribution is 8.18. The largest absolute Gasteiger partial charge is 0.346 e. The molecule has 2 amide bonds. The number of carbonyl (C=O) groups is 2. The molecule has 1 aliphatic heterocycles. The highest BCUT2D eigenvalue weighted by Gasteiger charge is 2.35. The number of halogens is 2. The van der Waals surface area contributed by atoms with Crippen LogP contribution in [0, 0.1) is 13.8 Å². The normalized spacial score (nSPS) is 18.8. The number of aryl methyl sites for hydroxylation is 1. The van der Waals surface area contributed by atoms with E-state index >= 15 is 0 Å². The average Bonchev–Trinajstić information content (AvgIpc) is 3.36. The number of amides is 2. The van der Waals surface area contributed by atoms with Gasteiger partial charge in [-0.3, -0.25) is 14.5 Å². The fourth-order valence-corrected chi connectivity index (χ4v) is 4.59.